The van der Waals surface area contributed by atoms with E-state index in [2.05, 4.69) is 0 Å². The minimum Gasteiger partial charge on any atom is -0.490 e. The van der Waals surface area contributed by atoms with Crippen molar-refractivity contribution in [2.75, 3.05) is 6.61 Å². The van der Waals surface area contributed by atoms with E-state index in [-0.39, 0.29) is 23.8 Å². The molecule has 1 aromatic carbocycles. The first-order valence-electron chi connectivity index (χ1n) is 6.78. The fraction of sp³-hybridized carbons (Fsp3) is 0.533. The van der Waals surface area contributed by atoms with E-state index in [0.717, 1.165) is 25.7 Å². The van der Waals surface area contributed by atoms with Crippen LogP contribution in [0.5, 0.6) is 5.75 Å². The molecule has 0 bridgehead atoms. The summed E-state index contributed by atoms with van der Waals surface area (Å²) in [5.41, 5.74) is 0. The van der Waals surface area contributed by atoms with Gasteiger partial charge in [0, 0.05) is 6.07 Å². The lowest BCUT2D eigenvalue weighted by molar-refractivity contribution is -0.149. The van der Waals surface area contributed by atoms with Gasteiger partial charge in [-0.3, -0.25) is 4.79 Å². The maximum atomic E-state index is 13.0. The number of carbonyl (C=O) groups is 1. The molecule has 0 atom stereocenters. The van der Waals surface area contributed by atoms with Crippen molar-refractivity contribution in [1.82, 2.24) is 0 Å². The van der Waals surface area contributed by atoms with E-state index in [1.165, 1.54) is 12.1 Å². The zero-order valence-electron chi connectivity index (χ0n) is 11.1. The van der Waals surface area contributed by atoms with Crippen molar-refractivity contribution in [2.24, 2.45) is 5.92 Å². The van der Waals surface area contributed by atoms with Crippen LogP contribution in [0.2, 0.25) is 0 Å². The highest BCUT2D eigenvalue weighted by atomic mass is 19.1. The molecule has 3 nitrogen and oxygen atoms in total. The van der Waals surface area contributed by atoms with Crippen LogP contribution in [0.4, 0.5) is 4.39 Å². The van der Waals surface area contributed by atoms with Crippen LogP contribution in [0.15, 0.2) is 24.3 Å². The van der Waals surface area contributed by atoms with Crippen LogP contribution >= 0.6 is 0 Å². The zero-order valence-corrected chi connectivity index (χ0v) is 11.1. The van der Waals surface area contributed by atoms with E-state index in [0.29, 0.717) is 12.4 Å². The average molecular weight is 266 g/mol. The van der Waals surface area contributed by atoms with Gasteiger partial charge < -0.3 is 9.47 Å². The summed E-state index contributed by atoms with van der Waals surface area (Å²) < 4.78 is 23.8. The molecule has 0 N–H and O–H groups in total. The van der Waals surface area contributed by atoms with Crippen LogP contribution in [-0.4, -0.2) is 18.7 Å². The molecule has 1 aliphatic rings. The molecule has 1 fully saturated rings. The van der Waals surface area contributed by atoms with E-state index >= 15 is 0 Å². The third kappa shape index (κ3) is 3.94. The minimum atomic E-state index is -0.294. The summed E-state index contributed by atoms with van der Waals surface area (Å²) in [4.78, 5) is 11.6. The van der Waals surface area contributed by atoms with Crippen molar-refractivity contribution >= 4 is 5.97 Å². The Hall–Kier alpha value is -1.58. The lowest BCUT2D eigenvalue weighted by atomic mass is 9.87. The third-order valence-corrected chi connectivity index (χ3v) is 3.39. The molecule has 0 spiro atoms. The SMILES string of the molecule is CCOC(=O)[C@H]1CC[C@H](Oc2cccc(F)c2)CC1. The number of hydrogen-bond donors (Lipinski definition) is 0. The highest BCUT2D eigenvalue weighted by molar-refractivity contribution is 5.72. The Kier molecular flexibility index (Phi) is 4.77. The van der Waals surface area contributed by atoms with Crippen LogP contribution < -0.4 is 4.74 Å². The van der Waals surface area contributed by atoms with Crippen LogP contribution in [0.1, 0.15) is 32.6 Å². The van der Waals surface area contributed by atoms with Gasteiger partial charge in [-0.05, 0) is 44.7 Å². The molecule has 1 saturated carbocycles. The molecule has 0 aromatic heterocycles. The summed E-state index contributed by atoms with van der Waals surface area (Å²) in [7, 11) is 0. The van der Waals surface area contributed by atoms with Crippen molar-refractivity contribution in [3.8, 4) is 5.75 Å². The molecule has 0 radical (unpaired) electrons. The fourth-order valence-electron chi connectivity index (χ4n) is 2.41. The van der Waals surface area contributed by atoms with Crippen LogP contribution in [-0.2, 0) is 9.53 Å². The van der Waals surface area contributed by atoms with E-state index in [1.54, 1.807) is 12.1 Å². The van der Waals surface area contributed by atoms with Crippen molar-refractivity contribution < 1.29 is 18.7 Å². The molecule has 0 unspecified atom stereocenters. The van der Waals surface area contributed by atoms with E-state index in [1.807, 2.05) is 6.92 Å². The lowest BCUT2D eigenvalue weighted by Crippen LogP contribution is -2.29. The second-order valence-corrected chi connectivity index (χ2v) is 4.80. The Morgan fingerprint density at radius 2 is 2.05 bits per heavy atom. The molecule has 19 heavy (non-hydrogen) atoms. The van der Waals surface area contributed by atoms with Crippen molar-refractivity contribution in [3.63, 3.8) is 0 Å². The molecule has 2 rings (SSSR count). The topological polar surface area (TPSA) is 35.5 Å². The molecular weight excluding hydrogens is 247 g/mol. The number of carbonyl (C=O) groups excluding carboxylic acids is 1. The summed E-state index contributed by atoms with van der Waals surface area (Å²) >= 11 is 0. The third-order valence-electron chi connectivity index (χ3n) is 3.39. The fourth-order valence-corrected chi connectivity index (χ4v) is 2.41. The Balaban J connectivity index is 1.82. The second kappa shape index (κ2) is 6.55. The Bertz CT molecular complexity index is 425. The molecule has 104 valence electrons. The zero-order chi connectivity index (χ0) is 13.7. The highest BCUT2D eigenvalue weighted by Crippen LogP contribution is 2.28. The summed E-state index contributed by atoms with van der Waals surface area (Å²) in [6, 6.07) is 6.16. The number of hydrogen-bond acceptors (Lipinski definition) is 3. The summed E-state index contributed by atoms with van der Waals surface area (Å²) in [6.07, 6.45) is 3.23. The molecule has 1 aliphatic carbocycles. The van der Waals surface area contributed by atoms with Gasteiger partial charge in [-0.25, -0.2) is 4.39 Å². The van der Waals surface area contributed by atoms with E-state index < -0.39 is 0 Å². The molecular formula is C15H19FO3. The quantitative estimate of drug-likeness (QED) is 0.784. The van der Waals surface area contributed by atoms with Gasteiger partial charge in [-0.15, -0.1) is 0 Å². The van der Waals surface area contributed by atoms with Gasteiger partial charge >= 0.3 is 5.97 Å². The van der Waals surface area contributed by atoms with Crippen LogP contribution in [0, 0.1) is 11.7 Å². The van der Waals surface area contributed by atoms with Gasteiger partial charge in [0.05, 0.1) is 18.6 Å². The minimum absolute atomic E-state index is 0.00712. The second-order valence-electron chi connectivity index (χ2n) is 4.80. The van der Waals surface area contributed by atoms with Crippen molar-refractivity contribution in [1.29, 1.82) is 0 Å². The summed E-state index contributed by atoms with van der Waals surface area (Å²) in [5, 5.41) is 0. The maximum absolute atomic E-state index is 13.0. The molecule has 1 aromatic rings. The maximum Gasteiger partial charge on any atom is 0.308 e. The summed E-state index contributed by atoms with van der Waals surface area (Å²) in [6.45, 7) is 2.25. The largest absolute Gasteiger partial charge is 0.490 e. The lowest BCUT2D eigenvalue weighted by Gasteiger charge is -2.27. The Labute approximate surface area is 112 Å². The van der Waals surface area contributed by atoms with Gasteiger partial charge in [0.2, 0.25) is 0 Å². The molecule has 0 amide bonds. The number of ether oxygens (including phenoxy) is 2. The average Bonchev–Trinajstić information content (AvgIpc) is 2.40. The van der Waals surface area contributed by atoms with Gasteiger partial charge in [-0.2, -0.15) is 0 Å². The standard InChI is InChI=1S/C15H19FO3/c1-2-18-15(17)11-6-8-13(9-7-11)19-14-5-3-4-12(16)10-14/h3-5,10-11,13H,2,6-9H2,1H3/t11-,13-. The van der Waals surface area contributed by atoms with Crippen LogP contribution in [0.25, 0.3) is 0 Å². The first-order chi connectivity index (χ1) is 9.19. The van der Waals surface area contributed by atoms with Gasteiger partial charge in [0.1, 0.15) is 11.6 Å². The number of benzene rings is 1. The van der Waals surface area contributed by atoms with E-state index in [4.69, 9.17) is 9.47 Å². The number of esters is 1. The van der Waals surface area contributed by atoms with Gasteiger partial charge in [-0.1, -0.05) is 6.07 Å². The van der Waals surface area contributed by atoms with Gasteiger partial charge in [0.25, 0.3) is 0 Å². The Morgan fingerprint density at radius 3 is 2.68 bits per heavy atom. The smallest absolute Gasteiger partial charge is 0.308 e. The summed E-state index contributed by atoms with van der Waals surface area (Å²) in [5.74, 6) is 0.149. The number of rotatable bonds is 4. The van der Waals surface area contributed by atoms with Crippen LogP contribution in [0.3, 0.4) is 0 Å². The van der Waals surface area contributed by atoms with Crippen molar-refractivity contribution in [3.05, 3.63) is 30.1 Å². The first kappa shape index (κ1) is 13.8. The monoisotopic (exact) mass is 266 g/mol. The molecule has 0 aliphatic heterocycles. The Morgan fingerprint density at radius 1 is 1.32 bits per heavy atom. The molecule has 0 saturated heterocycles. The van der Waals surface area contributed by atoms with Gasteiger partial charge in [0.15, 0.2) is 0 Å². The molecule has 4 heteroatoms. The normalized spacial score (nSPS) is 22.8. The van der Waals surface area contributed by atoms with Crippen molar-refractivity contribution in [2.45, 2.75) is 38.7 Å². The predicted molar refractivity (Wildman–Crippen MR) is 69.4 cm³/mol. The predicted octanol–water partition coefficient (Wildman–Crippen LogP) is 3.33. The number of halogens is 1. The molecule has 0 heterocycles. The van der Waals surface area contributed by atoms with E-state index in [9.17, 15) is 9.18 Å². The first-order valence-corrected chi connectivity index (χ1v) is 6.78. The highest BCUT2D eigenvalue weighted by Gasteiger charge is 2.28.